The third-order valence-corrected chi connectivity index (χ3v) is 5.75. The van der Waals surface area contributed by atoms with Gasteiger partial charge in [-0.15, -0.1) is 0 Å². The van der Waals surface area contributed by atoms with E-state index in [2.05, 4.69) is 10.4 Å². The number of amides is 1. The van der Waals surface area contributed by atoms with E-state index in [9.17, 15) is 23.7 Å². The number of rotatable bonds is 7. The lowest BCUT2D eigenvalue weighted by molar-refractivity contribution is -0.385. The van der Waals surface area contributed by atoms with E-state index in [1.807, 2.05) is 31.2 Å². The fraction of sp³-hybridized carbons (Fsp3) is 0.200. The molecule has 162 valence electrons. The number of nitro groups is 1. The van der Waals surface area contributed by atoms with Crippen LogP contribution in [-0.4, -0.2) is 20.6 Å². The van der Waals surface area contributed by atoms with Crippen LogP contribution < -0.4 is 5.32 Å². The van der Waals surface area contributed by atoms with Gasteiger partial charge in [-0.25, -0.2) is 8.78 Å². The number of nitrogens with zero attached hydrogens (tertiary/aromatic N) is 3. The van der Waals surface area contributed by atoms with Crippen molar-refractivity contribution in [1.29, 1.82) is 0 Å². The summed E-state index contributed by atoms with van der Waals surface area (Å²) in [5, 5.41) is 17.3. The van der Waals surface area contributed by atoms with Gasteiger partial charge < -0.3 is 5.32 Å². The summed E-state index contributed by atoms with van der Waals surface area (Å²) in [6.45, 7) is 3.05. The number of nitrogens with one attached hydrogen (secondary N) is 1. The molecule has 0 aliphatic heterocycles. The van der Waals surface area contributed by atoms with Crippen molar-refractivity contribution in [3.05, 3.63) is 74.6 Å². The normalized spacial score (nSPS) is 11.0. The van der Waals surface area contributed by atoms with E-state index in [0.29, 0.717) is 4.90 Å². The Bertz CT molecular complexity index is 1140. The van der Waals surface area contributed by atoms with Crippen molar-refractivity contribution in [3.8, 4) is 0 Å². The fourth-order valence-electron chi connectivity index (χ4n) is 2.74. The number of aryl methyl sites for hydroxylation is 1. The zero-order chi connectivity index (χ0) is 22.7. The van der Waals surface area contributed by atoms with E-state index in [1.54, 1.807) is 6.07 Å². The van der Waals surface area contributed by atoms with Crippen LogP contribution in [0.15, 0.2) is 52.3 Å². The number of carbonyl (C=O) groups is 1. The van der Waals surface area contributed by atoms with E-state index in [1.165, 1.54) is 30.8 Å². The average molecular weight is 467 g/mol. The van der Waals surface area contributed by atoms with Gasteiger partial charge in [0, 0.05) is 27.6 Å². The highest BCUT2D eigenvalue weighted by atomic mass is 35.5. The van der Waals surface area contributed by atoms with Gasteiger partial charge in [-0.3, -0.25) is 19.6 Å². The summed E-state index contributed by atoms with van der Waals surface area (Å²) < 4.78 is 27.0. The molecule has 0 aliphatic rings. The fourth-order valence-corrected chi connectivity index (χ4v) is 3.87. The second-order valence-corrected chi connectivity index (χ2v) is 8.20. The number of non-ortho nitro benzene ring substituents is 1. The number of halogens is 3. The molecule has 0 aliphatic carbocycles. The van der Waals surface area contributed by atoms with Crippen molar-refractivity contribution in [2.24, 2.45) is 0 Å². The van der Waals surface area contributed by atoms with Gasteiger partial charge in [0.15, 0.2) is 0 Å². The summed E-state index contributed by atoms with van der Waals surface area (Å²) in [7, 11) is 0. The van der Waals surface area contributed by atoms with Crippen molar-refractivity contribution in [2.45, 2.75) is 36.6 Å². The summed E-state index contributed by atoms with van der Waals surface area (Å²) in [4.78, 5) is 24.6. The first-order valence-corrected chi connectivity index (χ1v) is 10.2. The van der Waals surface area contributed by atoms with Crippen molar-refractivity contribution in [3.63, 3.8) is 0 Å². The number of hydrogen-bond acceptors (Lipinski definition) is 5. The molecule has 1 amide bonds. The van der Waals surface area contributed by atoms with E-state index in [-0.39, 0.29) is 28.6 Å². The summed E-state index contributed by atoms with van der Waals surface area (Å²) in [5.41, 5.74) is 0.728. The van der Waals surface area contributed by atoms with Gasteiger partial charge in [-0.05, 0) is 32.0 Å². The van der Waals surface area contributed by atoms with Gasteiger partial charge in [0.2, 0.25) is 5.91 Å². The van der Waals surface area contributed by atoms with Crippen LogP contribution in [-0.2, 0) is 11.3 Å². The summed E-state index contributed by atoms with van der Waals surface area (Å²) in [6.07, 6.45) is -2.87. The molecule has 0 bridgehead atoms. The minimum atomic E-state index is -2.87. The Morgan fingerprint density at radius 3 is 2.48 bits per heavy atom. The zero-order valence-electron chi connectivity index (χ0n) is 16.4. The second-order valence-electron chi connectivity index (χ2n) is 6.68. The maximum absolute atomic E-state index is 12.9. The zero-order valence-corrected chi connectivity index (χ0v) is 18.0. The lowest BCUT2D eigenvalue weighted by Gasteiger charge is -2.09. The van der Waals surface area contributed by atoms with Crippen molar-refractivity contribution in [2.75, 3.05) is 5.32 Å². The Morgan fingerprint density at radius 1 is 1.23 bits per heavy atom. The molecule has 3 rings (SSSR count). The van der Waals surface area contributed by atoms with Gasteiger partial charge in [0.25, 0.3) is 12.1 Å². The Kier molecular flexibility index (Phi) is 6.91. The Labute approximate surface area is 185 Å². The van der Waals surface area contributed by atoms with Gasteiger partial charge in [0.1, 0.15) is 12.2 Å². The molecule has 0 fully saturated rings. The van der Waals surface area contributed by atoms with E-state index in [0.717, 1.165) is 15.1 Å². The third kappa shape index (κ3) is 5.59. The highest BCUT2D eigenvalue weighted by Crippen LogP contribution is 2.33. The number of aromatic nitrogens is 2. The first-order valence-electron chi connectivity index (χ1n) is 8.99. The van der Waals surface area contributed by atoms with Gasteiger partial charge in [-0.1, -0.05) is 41.1 Å². The second kappa shape index (κ2) is 9.44. The van der Waals surface area contributed by atoms with Crippen LogP contribution >= 0.6 is 23.4 Å². The number of anilines is 1. The average Bonchev–Trinajstić information content (AvgIpc) is 2.98. The molecule has 1 N–H and O–H groups in total. The molecule has 1 heterocycles. The molecule has 0 unspecified atom stereocenters. The minimum absolute atomic E-state index is 0.189. The van der Waals surface area contributed by atoms with Crippen LogP contribution in [0.1, 0.15) is 23.4 Å². The predicted molar refractivity (Wildman–Crippen MR) is 114 cm³/mol. The van der Waals surface area contributed by atoms with Crippen LogP contribution in [0.25, 0.3) is 0 Å². The molecule has 0 atom stereocenters. The lowest BCUT2D eigenvalue weighted by atomic mass is 10.2. The quantitative estimate of drug-likeness (QED) is 0.351. The SMILES string of the molecule is Cc1ccc(Sc2cc(NC(=O)Cn3nc(C(F)F)c(Cl)c3C)cc([N+](=O)[O-])c2)cc1. The molecule has 2 aromatic carbocycles. The van der Waals surface area contributed by atoms with E-state index < -0.39 is 22.9 Å². The largest absolute Gasteiger partial charge is 0.324 e. The maximum Gasteiger partial charge on any atom is 0.283 e. The van der Waals surface area contributed by atoms with Crippen LogP contribution in [0.5, 0.6) is 0 Å². The molecule has 0 spiro atoms. The lowest BCUT2D eigenvalue weighted by Crippen LogP contribution is -2.20. The van der Waals surface area contributed by atoms with Crippen molar-refractivity contribution >= 4 is 40.6 Å². The maximum atomic E-state index is 12.9. The number of hydrogen-bond donors (Lipinski definition) is 1. The molecule has 0 saturated heterocycles. The predicted octanol–water partition coefficient (Wildman–Crippen LogP) is 5.79. The summed E-state index contributed by atoms with van der Waals surface area (Å²) in [6, 6.07) is 11.9. The molecular weight excluding hydrogens is 450 g/mol. The number of carbonyl (C=O) groups excluding carboxylic acids is 1. The highest BCUT2D eigenvalue weighted by molar-refractivity contribution is 7.99. The van der Waals surface area contributed by atoms with Crippen LogP contribution in [0.4, 0.5) is 20.2 Å². The minimum Gasteiger partial charge on any atom is -0.324 e. The van der Waals surface area contributed by atoms with Crippen molar-refractivity contribution in [1.82, 2.24) is 9.78 Å². The molecule has 11 heteroatoms. The molecule has 0 saturated carbocycles. The Balaban J connectivity index is 1.81. The summed E-state index contributed by atoms with van der Waals surface area (Å²) >= 11 is 7.15. The molecular formula is C20H17ClF2N4O3S. The van der Waals surface area contributed by atoms with Gasteiger partial charge in [0.05, 0.1) is 15.6 Å². The van der Waals surface area contributed by atoms with Gasteiger partial charge >= 0.3 is 0 Å². The first-order chi connectivity index (χ1) is 14.6. The standard InChI is InChI=1S/C20H17ClF2N4O3S/c1-11-3-5-15(6-4-11)31-16-8-13(7-14(9-16)27(29)30)24-17(28)10-26-12(2)18(21)19(25-26)20(22)23/h3-9,20H,10H2,1-2H3,(H,24,28). The smallest absolute Gasteiger partial charge is 0.283 e. The van der Waals surface area contributed by atoms with Gasteiger partial charge in [-0.2, -0.15) is 5.10 Å². The molecule has 7 nitrogen and oxygen atoms in total. The van der Waals surface area contributed by atoms with Crippen molar-refractivity contribution < 1.29 is 18.5 Å². The highest BCUT2D eigenvalue weighted by Gasteiger charge is 2.22. The molecule has 3 aromatic rings. The molecule has 1 aromatic heterocycles. The summed E-state index contributed by atoms with van der Waals surface area (Å²) in [5.74, 6) is -0.588. The third-order valence-electron chi connectivity index (χ3n) is 4.30. The Morgan fingerprint density at radius 2 is 1.90 bits per heavy atom. The number of benzene rings is 2. The Hall–Kier alpha value is -2.98. The molecule has 0 radical (unpaired) electrons. The van der Waals surface area contributed by atoms with Crippen LogP contribution in [0.2, 0.25) is 5.02 Å². The number of nitro benzene ring substituents is 1. The topological polar surface area (TPSA) is 90.1 Å². The van der Waals surface area contributed by atoms with E-state index >= 15 is 0 Å². The number of alkyl halides is 2. The van der Waals surface area contributed by atoms with Crippen LogP contribution in [0, 0.1) is 24.0 Å². The van der Waals surface area contributed by atoms with Crippen LogP contribution in [0.3, 0.4) is 0 Å². The monoisotopic (exact) mass is 466 g/mol. The molecule has 31 heavy (non-hydrogen) atoms. The first kappa shape index (κ1) is 22.7. The van der Waals surface area contributed by atoms with E-state index in [4.69, 9.17) is 11.6 Å².